The maximum absolute atomic E-state index is 11.8. The molecule has 23 heavy (non-hydrogen) atoms. The zero-order valence-electron chi connectivity index (χ0n) is 13.0. The number of ether oxygens (including phenoxy) is 3. The lowest BCUT2D eigenvalue weighted by molar-refractivity contribution is 0.0522. The average Bonchev–Trinajstić information content (AvgIpc) is 2.56. The van der Waals surface area contributed by atoms with E-state index in [1.807, 2.05) is 6.07 Å². The van der Waals surface area contributed by atoms with Crippen LogP contribution in [0.5, 0.6) is 17.2 Å². The van der Waals surface area contributed by atoms with E-state index >= 15 is 0 Å². The fraction of sp³-hybridized carbons (Fsp3) is 0.235. The number of carbonyl (C=O) groups excluding carboxylic acids is 1. The first kappa shape index (κ1) is 17.3. The molecule has 0 spiro atoms. The van der Waals surface area contributed by atoms with Crippen LogP contribution in [-0.4, -0.2) is 24.8 Å². The summed E-state index contributed by atoms with van der Waals surface area (Å²) in [6.07, 6.45) is 0. The average molecular weight is 334 g/mol. The molecule has 0 saturated carbocycles. The smallest absolute Gasteiger partial charge is 0.341 e. The van der Waals surface area contributed by atoms with Gasteiger partial charge >= 0.3 is 5.97 Å². The molecule has 0 bridgehead atoms. The van der Waals surface area contributed by atoms with Crippen molar-refractivity contribution < 1.29 is 24.1 Å². The van der Waals surface area contributed by atoms with Crippen molar-refractivity contribution in [2.45, 2.75) is 13.5 Å². The van der Waals surface area contributed by atoms with Crippen LogP contribution in [0.25, 0.3) is 0 Å². The van der Waals surface area contributed by atoms with Gasteiger partial charge in [0.2, 0.25) is 0 Å². The molecule has 1 N–H and O–H groups in total. The largest absolute Gasteiger partial charge is 0.496 e. The molecule has 0 fully saturated rings. The van der Waals surface area contributed by atoms with E-state index in [9.17, 15) is 9.90 Å². The molecule has 2 rings (SSSR count). The molecule has 2 aromatic carbocycles. The van der Waals surface area contributed by atoms with Crippen LogP contribution in [0.4, 0.5) is 0 Å². The highest BCUT2D eigenvalue weighted by atomic mass is 31.0. The summed E-state index contributed by atoms with van der Waals surface area (Å²) in [7, 11) is 4.04. The predicted molar refractivity (Wildman–Crippen MR) is 90.7 cm³/mol. The summed E-state index contributed by atoms with van der Waals surface area (Å²) in [6.45, 7) is 1.98. The molecular formula is C17H19O5P. The van der Waals surface area contributed by atoms with Crippen molar-refractivity contribution in [2.75, 3.05) is 13.7 Å². The molecule has 0 aromatic heterocycles. The molecule has 5 nitrogen and oxygen atoms in total. The van der Waals surface area contributed by atoms with Crippen LogP contribution < -0.4 is 14.8 Å². The van der Waals surface area contributed by atoms with E-state index in [2.05, 4.69) is 9.24 Å². The van der Waals surface area contributed by atoms with Crippen LogP contribution in [0.15, 0.2) is 36.4 Å². The number of carbonyl (C=O) groups is 1. The van der Waals surface area contributed by atoms with Gasteiger partial charge in [0, 0.05) is 6.07 Å². The van der Waals surface area contributed by atoms with Gasteiger partial charge in [-0.1, -0.05) is 6.07 Å². The third-order valence-electron chi connectivity index (χ3n) is 3.19. The molecule has 0 aliphatic heterocycles. The minimum atomic E-state index is -0.439. The maximum Gasteiger partial charge on any atom is 0.341 e. The van der Waals surface area contributed by atoms with E-state index in [0.717, 1.165) is 10.9 Å². The topological polar surface area (TPSA) is 65.0 Å². The number of benzene rings is 2. The molecule has 122 valence electrons. The summed E-state index contributed by atoms with van der Waals surface area (Å²) in [4.78, 5) is 11.8. The number of esters is 1. The number of aliphatic hydroxyl groups excluding tert-OH is 1. The van der Waals surface area contributed by atoms with Gasteiger partial charge in [0.15, 0.2) is 0 Å². The Morgan fingerprint density at radius 3 is 2.52 bits per heavy atom. The van der Waals surface area contributed by atoms with Gasteiger partial charge in [-0.3, -0.25) is 0 Å². The van der Waals surface area contributed by atoms with Gasteiger partial charge in [0.1, 0.15) is 22.8 Å². The Labute approximate surface area is 137 Å². The first-order chi connectivity index (χ1) is 11.1. The Morgan fingerprint density at radius 1 is 1.17 bits per heavy atom. The Kier molecular flexibility index (Phi) is 5.97. The van der Waals surface area contributed by atoms with Crippen molar-refractivity contribution in [3.05, 3.63) is 47.5 Å². The highest BCUT2D eigenvalue weighted by Crippen LogP contribution is 2.29. The monoisotopic (exact) mass is 334 g/mol. The summed E-state index contributed by atoms with van der Waals surface area (Å²) in [5.74, 6) is 1.05. The fourth-order valence-corrected chi connectivity index (χ4v) is 2.30. The van der Waals surface area contributed by atoms with Gasteiger partial charge in [-0.2, -0.15) is 0 Å². The molecular weight excluding hydrogens is 315 g/mol. The van der Waals surface area contributed by atoms with Crippen LogP contribution in [0.1, 0.15) is 22.8 Å². The second-order valence-corrected chi connectivity index (χ2v) is 5.33. The van der Waals surface area contributed by atoms with Gasteiger partial charge in [0.25, 0.3) is 0 Å². The Hall–Kier alpha value is -2.10. The van der Waals surface area contributed by atoms with Crippen molar-refractivity contribution in [1.29, 1.82) is 0 Å². The lowest BCUT2D eigenvalue weighted by atomic mass is 10.2. The lowest BCUT2D eigenvalue weighted by Gasteiger charge is -2.12. The Morgan fingerprint density at radius 2 is 1.87 bits per heavy atom. The van der Waals surface area contributed by atoms with Crippen molar-refractivity contribution in [3.63, 3.8) is 0 Å². The van der Waals surface area contributed by atoms with Gasteiger partial charge in [-0.05, 0) is 42.1 Å². The molecule has 0 saturated heterocycles. The summed E-state index contributed by atoms with van der Waals surface area (Å²) < 4.78 is 16.0. The van der Waals surface area contributed by atoms with Crippen molar-refractivity contribution in [3.8, 4) is 17.2 Å². The van der Waals surface area contributed by atoms with Crippen LogP contribution in [-0.2, 0) is 11.3 Å². The summed E-state index contributed by atoms with van der Waals surface area (Å²) in [6, 6.07) is 10.3. The maximum atomic E-state index is 11.8. The Bertz CT molecular complexity index is 699. The molecule has 0 heterocycles. The van der Waals surface area contributed by atoms with E-state index in [0.29, 0.717) is 29.4 Å². The van der Waals surface area contributed by atoms with E-state index in [1.54, 1.807) is 37.3 Å². The summed E-state index contributed by atoms with van der Waals surface area (Å²) >= 11 is 0. The quantitative estimate of drug-likeness (QED) is 0.650. The molecule has 0 radical (unpaired) electrons. The zero-order chi connectivity index (χ0) is 16.8. The minimum absolute atomic E-state index is 0.0683. The van der Waals surface area contributed by atoms with Crippen LogP contribution in [0.3, 0.4) is 0 Å². The third-order valence-corrected chi connectivity index (χ3v) is 3.75. The molecule has 2 aromatic rings. The van der Waals surface area contributed by atoms with Crippen molar-refractivity contribution in [1.82, 2.24) is 0 Å². The van der Waals surface area contributed by atoms with E-state index in [-0.39, 0.29) is 6.61 Å². The summed E-state index contributed by atoms with van der Waals surface area (Å²) in [5.41, 5.74) is 1.11. The molecule has 0 amide bonds. The summed E-state index contributed by atoms with van der Waals surface area (Å²) in [5, 5.41) is 10.2. The number of methoxy groups -OCH3 is 1. The number of rotatable bonds is 6. The van der Waals surface area contributed by atoms with Gasteiger partial charge in [0.05, 0.1) is 20.3 Å². The SMILES string of the molecule is CCOC(=O)c1ccc(Oc2ccc(P)c(CO)c2)cc1OC. The van der Waals surface area contributed by atoms with Gasteiger partial charge < -0.3 is 19.3 Å². The van der Waals surface area contributed by atoms with E-state index in [4.69, 9.17) is 14.2 Å². The zero-order valence-corrected chi connectivity index (χ0v) is 14.2. The van der Waals surface area contributed by atoms with Crippen LogP contribution >= 0.6 is 9.24 Å². The van der Waals surface area contributed by atoms with Crippen molar-refractivity contribution >= 4 is 20.5 Å². The standard InChI is InChI=1S/C17H19O5P/c1-3-21-17(19)14-6-4-13(9-15(14)20-2)22-12-5-7-16(23)11(8-12)10-18/h4-9,18H,3,10,23H2,1-2H3. The number of aliphatic hydroxyl groups is 1. The predicted octanol–water partition coefficient (Wildman–Crippen LogP) is 2.66. The minimum Gasteiger partial charge on any atom is -0.496 e. The van der Waals surface area contributed by atoms with Gasteiger partial charge in [-0.25, -0.2) is 4.79 Å². The van der Waals surface area contributed by atoms with Gasteiger partial charge in [-0.15, -0.1) is 9.24 Å². The van der Waals surface area contributed by atoms with Crippen molar-refractivity contribution in [2.24, 2.45) is 0 Å². The first-order valence-corrected chi connectivity index (χ1v) is 7.69. The van der Waals surface area contributed by atoms with E-state index < -0.39 is 5.97 Å². The van der Waals surface area contributed by atoms with Crippen LogP contribution in [0, 0.1) is 0 Å². The lowest BCUT2D eigenvalue weighted by Crippen LogP contribution is -2.06. The highest BCUT2D eigenvalue weighted by Gasteiger charge is 2.14. The first-order valence-electron chi connectivity index (χ1n) is 7.11. The molecule has 1 unspecified atom stereocenters. The second-order valence-electron chi connectivity index (χ2n) is 4.70. The second kappa shape index (κ2) is 7.95. The number of hydrogen-bond donors (Lipinski definition) is 1. The molecule has 0 aliphatic rings. The third kappa shape index (κ3) is 4.21. The van der Waals surface area contributed by atoms with Crippen LogP contribution in [0.2, 0.25) is 0 Å². The molecule has 1 atom stereocenters. The highest BCUT2D eigenvalue weighted by molar-refractivity contribution is 7.27. The fourth-order valence-electron chi connectivity index (χ4n) is 2.03. The Balaban J connectivity index is 2.26. The molecule has 6 heteroatoms. The number of hydrogen-bond acceptors (Lipinski definition) is 5. The normalized spacial score (nSPS) is 10.3. The molecule has 0 aliphatic carbocycles. The van der Waals surface area contributed by atoms with E-state index in [1.165, 1.54) is 7.11 Å².